The first-order valence-corrected chi connectivity index (χ1v) is 10.4. The van der Waals surface area contributed by atoms with Crippen LogP contribution in [0.4, 0.5) is 5.69 Å². The number of carboxylic acid groups (broad SMARTS) is 1. The van der Waals surface area contributed by atoms with Crippen LogP contribution in [0.25, 0.3) is 10.2 Å². The summed E-state index contributed by atoms with van der Waals surface area (Å²) in [4.78, 5) is 54.5. The molecule has 1 aliphatic heterocycles. The van der Waals surface area contributed by atoms with Gasteiger partial charge in [-0.1, -0.05) is 6.07 Å². The summed E-state index contributed by atoms with van der Waals surface area (Å²) in [6, 6.07) is 5.12. The minimum absolute atomic E-state index is 0. The monoisotopic (exact) mass is 495 g/mol. The van der Waals surface area contributed by atoms with Gasteiger partial charge in [-0.05, 0) is 42.6 Å². The van der Waals surface area contributed by atoms with Crippen molar-refractivity contribution in [2.45, 2.75) is 19.4 Å². The number of benzene rings is 1. The number of aromatic amines is 1. The number of nitrogens with one attached hydrogen (secondary N) is 3. The molecule has 0 bridgehead atoms. The van der Waals surface area contributed by atoms with E-state index in [1.807, 2.05) is 0 Å². The zero-order valence-corrected chi connectivity index (χ0v) is 19.3. The summed E-state index contributed by atoms with van der Waals surface area (Å²) in [6.07, 6.45) is 0. The third-order valence-corrected chi connectivity index (χ3v) is 5.54. The Labute approximate surface area is 197 Å². The molecule has 0 aliphatic carbocycles. The van der Waals surface area contributed by atoms with Crippen LogP contribution < -0.4 is 26.7 Å². The molecule has 6 N–H and O–H groups in total. The molecule has 1 aromatic carbocycles. The number of hydrogen-bond donors (Lipinski definition) is 5. The number of nitrogens with two attached hydrogens (primary N) is 1. The first-order valence-electron chi connectivity index (χ1n) is 9.49. The zero-order valence-electron chi connectivity index (χ0n) is 17.6. The van der Waals surface area contributed by atoms with Crippen molar-refractivity contribution in [3.8, 4) is 5.75 Å². The van der Waals surface area contributed by atoms with Gasteiger partial charge in [-0.2, -0.15) is 0 Å². The molecule has 0 saturated heterocycles. The number of carbonyl (C=O) groups is 3. The average Bonchev–Trinajstić information content (AvgIpc) is 3.22. The second kappa shape index (κ2) is 10.9. The van der Waals surface area contributed by atoms with E-state index in [2.05, 4.69) is 26.3 Å². The fourth-order valence-electron chi connectivity index (χ4n) is 3.04. The molecular formula is C20H22ClN5O6S. The molecule has 0 spiro atoms. The van der Waals surface area contributed by atoms with E-state index in [4.69, 9.17) is 4.74 Å². The van der Waals surface area contributed by atoms with Crippen LogP contribution in [0.5, 0.6) is 5.75 Å². The quantitative estimate of drug-likeness (QED) is 0.353. The van der Waals surface area contributed by atoms with Crippen molar-refractivity contribution >= 4 is 57.4 Å². The van der Waals surface area contributed by atoms with Gasteiger partial charge in [0.15, 0.2) is 6.61 Å². The van der Waals surface area contributed by atoms with E-state index >= 15 is 0 Å². The summed E-state index contributed by atoms with van der Waals surface area (Å²) >= 11 is 1.11. The maximum atomic E-state index is 12.5. The normalized spacial score (nSPS) is 12.8. The van der Waals surface area contributed by atoms with Crippen molar-refractivity contribution in [1.82, 2.24) is 15.3 Å². The predicted octanol–water partition coefficient (Wildman–Crippen LogP) is 1.43. The Kier molecular flexibility index (Phi) is 8.51. The highest BCUT2D eigenvalue weighted by atomic mass is 35.5. The lowest BCUT2D eigenvalue weighted by Gasteiger charge is -2.18. The third-order valence-electron chi connectivity index (χ3n) is 4.65. The van der Waals surface area contributed by atoms with E-state index < -0.39 is 23.4 Å². The summed E-state index contributed by atoms with van der Waals surface area (Å²) in [6.45, 7) is 1.58. The number of nitrogens with zero attached hydrogens (tertiary/aromatic N) is 1. The molecular weight excluding hydrogens is 474 g/mol. The van der Waals surface area contributed by atoms with Gasteiger partial charge in [0.05, 0.1) is 17.0 Å². The topological polar surface area (TPSA) is 176 Å². The smallest absolute Gasteiger partial charge is 0.310 e. The second-order valence-electron chi connectivity index (χ2n) is 6.70. The number of rotatable bonds is 5. The lowest BCUT2D eigenvalue weighted by atomic mass is 10.0. The van der Waals surface area contributed by atoms with Crippen molar-refractivity contribution in [1.29, 1.82) is 0 Å². The Bertz CT molecular complexity index is 1260. The van der Waals surface area contributed by atoms with Gasteiger partial charge in [-0.3, -0.25) is 19.2 Å². The van der Waals surface area contributed by atoms with Crippen LogP contribution in [0.1, 0.15) is 34.6 Å². The highest BCUT2D eigenvalue weighted by Gasteiger charge is 2.22. The first-order chi connectivity index (χ1) is 15.3. The maximum absolute atomic E-state index is 12.5. The molecule has 2 aromatic heterocycles. The van der Waals surface area contributed by atoms with Crippen LogP contribution in [0.3, 0.4) is 0 Å². The first kappa shape index (κ1) is 25.8. The lowest BCUT2D eigenvalue weighted by Crippen LogP contribution is -2.28. The number of carboxylic acids is 1. The summed E-state index contributed by atoms with van der Waals surface area (Å²) in [5, 5.41) is 16.3. The van der Waals surface area contributed by atoms with Crippen LogP contribution in [0.15, 0.2) is 28.4 Å². The van der Waals surface area contributed by atoms with Gasteiger partial charge in [0, 0.05) is 6.54 Å². The van der Waals surface area contributed by atoms with Gasteiger partial charge in [-0.15, -0.1) is 23.7 Å². The largest absolute Gasteiger partial charge is 0.482 e. The number of aliphatic carboxylic acids is 1. The van der Waals surface area contributed by atoms with E-state index in [-0.39, 0.29) is 42.7 Å². The molecule has 33 heavy (non-hydrogen) atoms. The minimum Gasteiger partial charge on any atom is -0.482 e. The molecule has 1 unspecified atom stereocenters. The predicted molar refractivity (Wildman–Crippen MR) is 125 cm³/mol. The highest BCUT2D eigenvalue weighted by molar-refractivity contribution is 7.16. The third kappa shape index (κ3) is 5.48. The van der Waals surface area contributed by atoms with Crippen molar-refractivity contribution in [3.63, 3.8) is 0 Å². The van der Waals surface area contributed by atoms with Gasteiger partial charge in [0.25, 0.3) is 17.4 Å². The molecule has 0 fully saturated rings. The number of hydrogen-bond acceptors (Lipinski definition) is 8. The Balaban J connectivity index is 0.00000125. The van der Waals surface area contributed by atoms with E-state index in [1.165, 1.54) is 14.0 Å². The number of carbonyl (C=O) groups excluding carboxylic acids is 2. The standard InChI is InChI=1S/C19H16N4O6S.CH5N.ClH/c1-8(19(27)28)10-7-30-18-14(10)16(25)22-15(23-18)17(26)20-5-9-2-3-12-11(4-9)21-13(24)6-29-12;1-2;/h2-4,7-8H,5-6H2,1H3,(H,20,26)(H,21,24)(H,27,28)(H,22,23,25);2H2,1H3;1H. The van der Waals surface area contributed by atoms with Gasteiger partial charge in [-0.25, -0.2) is 4.98 Å². The zero-order chi connectivity index (χ0) is 23.4. The number of aromatic nitrogens is 2. The molecule has 13 heteroatoms. The molecule has 4 rings (SSSR count). The average molecular weight is 496 g/mol. The van der Waals surface area contributed by atoms with Crippen molar-refractivity contribution < 1.29 is 24.2 Å². The van der Waals surface area contributed by atoms with E-state index in [0.717, 1.165) is 11.3 Å². The summed E-state index contributed by atoms with van der Waals surface area (Å²) in [5.74, 6) is -2.39. The fourth-order valence-corrected chi connectivity index (χ4v) is 4.07. The van der Waals surface area contributed by atoms with Gasteiger partial charge in [0.1, 0.15) is 10.6 Å². The lowest BCUT2D eigenvalue weighted by molar-refractivity contribution is -0.138. The number of anilines is 1. The SMILES string of the molecule is CC(C(=O)O)c1csc2nc(C(=O)NCc3ccc4c(c3)NC(=O)CO4)[nH]c(=O)c12.CN.Cl. The van der Waals surface area contributed by atoms with Gasteiger partial charge >= 0.3 is 5.97 Å². The summed E-state index contributed by atoms with van der Waals surface area (Å²) in [7, 11) is 1.50. The number of amides is 2. The van der Waals surface area contributed by atoms with Crippen molar-refractivity contribution in [2.24, 2.45) is 5.73 Å². The number of thiophene rings is 1. The second-order valence-corrected chi connectivity index (χ2v) is 7.55. The van der Waals surface area contributed by atoms with Crippen molar-refractivity contribution in [3.05, 3.63) is 50.9 Å². The maximum Gasteiger partial charge on any atom is 0.310 e. The van der Waals surface area contributed by atoms with Crippen LogP contribution in [-0.4, -0.2) is 46.5 Å². The molecule has 3 aromatic rings. The van der Waals surface area contributed by atoms with Gasteiger partial charge < -0.3 is 31.2 Å². The van der Waals surface area contributed by atoms with Crippen molar-refractivity contribution in [2.75, 3.05) is 19.0 Å². The number of H-pyrrole nitrogens is 1. The summed E-state index contributed by atoms with van der Waals surface area (Å²) < 4.78 is 5.29. The number of fused-ring (bicyclic) bond motifs is 2. The molecule has 3 heterocycles. The minimum atomic E-state index is -1.05. The summed E-state index contributed by atoms with van der Waals surface area (Å²) in [5.41, 5.74) is 5.53. The Hall–Kier alpha value is -3.48. The number of halogens is 1. The Morgan fingerprint density at radius 1 is 1.33 bits per heavy atom. The van der Waals surface area contributed by atoms with Crippen LogP contribution >= 0.6 is 23.7 Å². The molecule has 1 aliphatic rings. The molecule has 2 amide bonds. The molecule has 176 valence electrons. The number of ether oxygens (including phenoxy) is 1. The Morgan fingerprint density at radius 2 is 2.06 bits per heavy atom. The molecule has 1 atom stereocenters. The fraction of sp³-hybridized carbons (Fsp3) is 0.250. The van der Waals surface area contributed by atoms with Crippen LogP contribution in [-0.2, 0) is 16.1 Å². The van der Waals surface area contributed by atoms with E-state index in [0.29, 0.717) is 27.4 Å². The van der Waals surface area contributed by atoms with Crippen LogP contribution in [0.2, 0.25) is 0 Å². The van der Waals surface area contributed by atoms with E-state index in [1.54, 1.807) is 23.6 Å². The van der Waals surface area contributed by atoms with Crippen LogP contribution in [0, 0.1) is 0 Å². The van der Waals surface area contributed by atoms with E-state index in [9.17, 15) is 24.3 Å². The highest BCUT2D eigenvalue weighted by Crippen LogP contribution is 2.29. The van der Waals surface area contributed by atoms with Gasteiger partial charge in [0.2, 0.25) is 5.82 Å². The Morgan fingerprint density at radius 3 is 2.76 bits per heavy atom. The molecule has 0 radical (unpaired) electrons. The molecule has 11 nitrogen and oxygen atoms in total. The molecule has 0 saturated carbocycles.